The first kappa shape index (κ1) is 18.5. The number of hydrogen-bond donors (Lipinski definition) is 0. The van der Waals surface area contributed by atoms with Gasteiger partial charge in [0.2, 0.25) is 0 Å². The van der Waals surface area contributed by atoms with Gasteiger partial charge in [-0.3, -0.25) is 9.36 Å². The third-order valence-electron chi connectivity index (χ3n) is 5.68. The van der Waals surface area contributed by atoms with Crippen molar-refractivity contribution in [1.82, 2.24) is 18.7 Å². The van der Waals surface area contributed by atoms with Crippen molar-refractivity contribution in [3.05, 3.63) is 69.6 Å². The Labute approximate surface area is 163 Å². The summed E-state index contributed by atoms with van der Waals surface area (Å²) in [6.07, 6.45) is 7.16. The first-order valence-electron chi connectivity index (χ1n) is 9.96. The van der Waals surface area contributed by atoms with Gasteiger partial charge in [-0.15, -0.1) is 6.58 Å². The molecule has 2 heterocycles. The number of hydrogen-bond acceptors (Lipinski definition) is 3. The summed E-state index contributed by atoms with van der Waals surface area (Å²) in [7, 11) is 0. The lowest BCUT2D eigenvalue weighted by molar-refractivity contribution is 0.474. The molecule has 1 aliphatic carbocycles. The zero-order valence-electron chi connectivity index (χ0n) is 16.5. The molecule has 146 valence electrons. The van der Waals surface area contributed by atoms with Crippen molar-refractivity contribution in [2.75, 3.05) is 0 Å². The van der Waals surface area contributed by atoms with E-state index in [2.05, 4.69) is 25.4 Å². The van der Waals surface area contributed by atoms with Gasteiger partial charge in [-0.1, -0.05) is 44.9 Å². The third-order valence-corrected chi connectivity index (χ3v) is 5.68. The van der Waals surface area contributed by atoms with Crippen LogP contribution >= 0.6 is 0 Å². The molecule has 0 saturated heterocycles. The molecule has 0 spiro atoms. The molecule has 4 rings (SSSR count). The zero-order chi connectivity index (χ0) is 19.8. The Morgan fingerprint density at radius 1 is 1.18 bits per heavy atom. The molecule has 0 unspecified atom stereocenters. The van der Waals surface area contributed by atoms with Crippen LogP contribution in [0.1, 0.15) is 57.1 Å². The quantitative estimate of drug-likeness (QED) is 0.635. The summed E-state index contributed by atoms with van der Waals surface area (Å²) in [4.78, 5) is 31.1. The van der Waals surface area contributed by atoms with Gasteiger partial charge in [0.15, 0.2) is 11.2 Å². The topological polar surface area (TPSA) is 61.8 Å². The predicted molar refractivity (Wildman–Crippen MR) is 111 cm³/mol. The Hall–Kier alpha value is -2.89. The maximum absolute atomic E-state index is 13.4. The van der Waals surface area contributed by atoms with Gasteiger partial charge in [-0.05, 0) is 36.5 Å². The van der Waals surface area contributed by atoms with Crippen LogP contribution in [0.5, 0.6) is 0 Å². The number of nitrogens with zero attached hydrogens (tertiary/aromatic N) is 4. The highest BCUT2D eigenvalue weighted by Gasteiger charge is 2.25. The summed E-state index contributed by atoms with van der Waals surface area (Å²) in [6.45, 7) is 8.51. The summed E-state index contributed by atoms with van der Waals surface area (Å²) in [6, 6.07) is 7.89. The Bertz CT molecular complexity index is 1130. The minimum absolute atomic E-state index is 0.0438. The van der Waals surface area contributed by atoms with Crippen LogP contribution in [0, 0.1) is 0 Å². The molecule has 0 aliphatic heterocycles. The summed E-state index contributed by atoms with van der Waals surface area (Å²) in [5.74, 6) is 0.407. The highest BCUT2D eigenvalue weighted by atomic mass is 16.2. The largest absolute Gasteiger partial charge is 0.337 e. The van der Waals surface area contributed by atoms with Crippen LogP contribution in [0.25, 0.3) is 16.9 Å². The minimum atomic E-state index is -0.300. The Morgan fingerprint density at radius 2 is 1.86 bits per heavy atom. The summed E-state index contributed by atoms with van der Waals surface area (Å²) >= 11 is 0. The van der Waals surface area contributed by atoms with Crippen molar-refractivity contribution in [2.45, 2.75) is 58.0 Å². The summed E-state index contributed by atoms with van der Waals surface area (Å²) in [5, 5.41) is 0. The average Bonchev–Trinajstić information content (AvgIpc) is 3.33. The highest BCUT2D eigenvalue weighted by Crippen LogP contribution is 2.28. The number of allylic oxidation sites excluding steroid dienone is 1. The third kappa shape index (κ3) is 2.93. The molecule has 0 N–H and O–H groups in total. The van der Waals surface area contributed by atoms with Crippen LogP contribution in [0.2, 0.25) is 0 Å². The van der Waals surface area contributed by atoms with Crippen molar-refractivity contribution in [2.24, 2.45) is 0 Å². The molecule has 3 aromatic rings. The van der Waals surface area contributed by atoms with Gasteiger partial charge in [0.1, 0.15) is 0 Å². The minimum Gasteiger partial charge on any atom is -0.321 e. The number of rotatable bonds is 5. The van der Waals surface area contributed by atoms with Crippen molar-refractivity contribution < 1.29 is 0 Å². The lowest BCUT2D eigenvalue weighted by Crippen LogP contribution is -2.41. The molecule has 28 heavy (non-hydrogen) atoms. The van der Waals surface area contributed by atoms with Crippen molar-refractivity contribution in [3.63, 3.8) is 0 Å². The SMILES string of the molecule is C=CCn1cnc2c1c(=O)n(C1CCCC1)c(=O)n2-c1ccc(C(C)C)cc1. The molecule has 1 saturated carbocycles. The normalized spacial score (nSPS) is 15.0. The standard InChI is InChI=1S/C22H26N4O2/c1-4-13-24-14-23-20-19(24)21(27)26(17-7-5-6-8-17)22(28)25(20)18-11-9-16(10-12-18)15(2)3/h4,9-12,14-15,17H,1,5-8,13H2,2-3H3. The second-order valence-electron chi connectivity index (χ2n) is 7.84. The molecular weight excluding hydrogens is 352 g/mol. The van der Waals surface area contributed by atoms with Gasteiger partial charge in [0, 0.05) is 12.6 Å². The van der Waals surface area contributed by atoms with Gasteiger partial charge in [0.25, 0.3) is 5.56 Å². The fourth-order valence-electron chi connectivity index (χ4n) is 4.16. The van der Waals surface area contributed by atoms with Crippen molar-refractivity contribution in [1.29, 1.82) is 0 Å². The second-order valence-corrected chi connectivity index (χ2v) is 7.84. The van der Waals surface area contributed by atoms with Crippen LogP contribution < -0.4 is 11.2 Å². The number of aromatic nitrogens is 4. The van der Waals surface area contributed by atoms with E-state index in [9.17, 15) is 9.59 Å². The number of imidazole rings is 1. The molecule has 2 aromatic heterocycles. The van der Waals surface area contributed by atoms with E-state index in [1.54, 1.807) is 21.5 Å². The molecule has 1 aliphatic rings. The fraction of sp³-hybridized carbons (Fsp3) is 0.409. The Morgan fingerprint density at radius 3 is 2.46 bits per heavy atom. The van der Waals surface area contributed by atoms with Gasteiger partial charge in [-0.25, -0.2) is 14.3 Å². The molecule has 1 fully saturated rings. The lowest BCUT2D eigenvalue weighted by atomic mass is 10.0. The molecule has 6 heteroatoms. The molecule has 0 atom stereocenters. The smallest absolute Gasteiger partial charge is 0.321 e. The van der Waals surface area contributed by atoms with Gasteiger partial charge in [-0.2, -0.15) is 0 Å². The first-order chi connectivity index (χ1) is 13.5. The molecule has 0 radical (unpaired) electrons. The Balaban J connectivity index is 2.02. The summed E-state index contributed by atoms with van der Waals surface area (Å²) in [5.41, 5.74) is 2.25. The molecular formula is C22H26N4O2. The maximum atomic E-state index is 13.4. The van der Waals surface area contributed by atoms with Gasteiger partial charge < -0.3 is 4.57 Å². The van der Waals surface area contributed by atoms with E-state index < -0.39 is 0 Å². The van der Waals surface area contributed by atoms with Crippen molar-refractivity contribution in [3.8, 4) is 5.69 Å². The van der Waals surface area contributed by atoms with Crippen molar-refractivity contribution >= 4 is 11.2 Å². The predicted octanol–water partition coefficient (Wildman–Crippen LogP) is 3.77. The van der Waals surface area contributed by atoms with Crippen LogP contribution in [0.3, 0.4) is 0 Å². The number of benzene rings is 1. The Kier molecular flexibility index (Phi) is 4.79. The van der Waals surface area contributed by atoms with E-state index in [1.165, 1.54) is 10.1 Å². The van der Waals surface area contributed by atoms with Crippen LogP contribution in [0.15, 0.2) is 52.8 Å². The second kappa shape index (κ2) is 7.26. The van der Waals surface area contributed by atoms with E-state index in [1.807, 2.05) is 24.3 Å². The summed E-state index contributed by atoms with van der Waals surface area (Å²) < 4.78 is 4.81. The van der Waals surface area contributed by atoms with Gasteiger partial charge >= 0.3 is 5.69 Å². The van der Waals surface area contributed by atoms with E-state index in [4.69, 9.17) is 0 Å². The number of fused-ring (bicyclic) bond motifs is 1. The fourth-order valence-corrected chi connectivity index (χ4v) is 4.16. The molecule has 0 amide bonds. The molecule has 1 aromatic carbocycles. The zero-order valence-corrected chi connectivity index (χ0v) is 16.5. The first-order valence-corrected chi connectivity index (χ1v) is 9.96. The van der Waals surface area contributed by atoms with Gasteiger partial charge in [0.05, 0.1) is 12.0 Å². The molecule has 0 bridgehead atoms. The molecule has 6 nitrogen and oxygen atoms in total. The average molecular weight is 378 g/mol. The lowest BCUT2D eigenvalue weighted by Gasteiger charge is -2.17. The monoisotopic (exact) mass is 378 g/mol. The van der Waals surface area contributed by atoms with E-state index in [0.29, 0.717) is 23.6 Å². The van der Waals surface area contributed by atoms with E-state index >= 15 is 0 Å². The van der Waals surface area contributed by atoms with E-state index in [-0.39, 0.29) is 17.3 Å². The van der Waals surface area contributed by atoms with Crippen LogP contribution in [-0.2, 0) is 6.54 Å². The highest BCUT2D eigenvalue weighted by molar-refractivity contribution is 5.72. The van der Waals surface area contributed by atoms with E-state index in [0.717, 1.165) is 31.4 Å². The maximum Gasteiger partial charge on any atom is 0.337 e. The van der Waals surface area contributed by atoms with Crippen LogP contribution in [0.4, 0.5) is 0 Å². The van der Waals surface area contributed by atoms with Crippen LogP contribution in [-0.4, -0.2) is 18.7 Å².